The number of fused-ring (bicyclic) bond motifs is 1. The fourth-order valence-electron chi connectivity index (χ4n) is 4.02. The van der Waals surface area contributed by atoms with Gasteiger partial charge in [-0.05, 0) is 56.2 Å². The van der Waals surface area contributed by atoms with Gasteiger partial charge in [-0.3, -0.25) is 14.2 Å². The molecule has 6 heteroatoms. The molecule has 1 aromatic heterocycles. The summed E-state index contributed by atoms with van der Waals surface area (Å²) in [4.78, 5) is 30.1. The van der Waals surface area contributed by atoms with Gasteiger partial charge < -0.3 is 5.32 Å². The highest BCUT2D eigenvalue weighted by Gasteiger charge is 2.33. The van der Waals surface area contributed by atoms with E-state index < -0.39 is 5.54 Å². The van der Waals surface area contributed by atoms with E-state index in [0.717, 1.165) is 19.3 Å². The largest absolute Gasteiger partial charge is 0.334 e. The van der Waals surface area contributed by atoms with Gasteiger partial charge in [0.15, 0.2) is 0 Å². The zero-order chi connectivity index (χ0) is 20.4. The molecule has 0 aliphatic heterocycles. The monoisotopic (exact) mass is 386 g/mol. The average Bonchev–Trinajstić information content (AvgIpc) is 2.75. The third kappa shape index (κ3) is 3.52. The number of para-hydroxylation sites is 1. The number of amides is 1. The van der Waals surface area contributed by atoms with Crippen LogP contribution in [0.25, 0.3) is 16.6 Å². The predicted octanol–water partition coefficient (Wildman–Crippen LogP) is 3.65. The Morgan fingerprint density at radius 1 is 1.10 bits per heavy atom. The number of rotatable bonds is 3. The Balaban J connectivity index is 1.63. The van der Waals surface area contributed by atoms with Crippen LogP contribution < -0.4 is 10.9 Å². The maximum absolute atomic E-state index is 12.9. The van der Waals surface area contributed by atoms with Crippen molar-refractivity contribution in [1.82, 2.24) is 14.9 Å². The lowest BCUT2D eigenvalue weighted by atomic mass is 9.82. The summed E-state index contributed by atoms with van der Waals surface area (Å²) in [6.07, 6.45) is 4.37. The number of carbonyl (C=O) groups is 1. The van der Waals surface area contributed by atoms with Crippen LogP contribution in [0.4, 0.5) is 0 Å². The second-order valence-corrected chi connectivity index (χ2v) is 7.57. The summed E-state index contributed by atoms with van der Waals surface area (Å²) in [5, 5.41) is 13.0. The summed E-state index contributed by atoms with van der Waals surface area (Å²) in [6, 6.07) is 16.4. The molecule has 1 heterocycles. The molecular weight excluding hydrogens is 364 g/mol. The maximum atomic E-state index is 12.9. The van der Waals surface area contributed by atoms with Gasteiger partial charge in [-0.2, -0.15) is 5.26 Å². The molecule has 4 rings (SSSR count). The molecule has 0 unspecified atom stereocenters. The number of hydrogen-bond donors (Lipinski definition) is 1. The standard InChI is InChI=1S/C23H22N4O2/c1-16-25-20-8-4-3-7-19(20)22(29)27(16)18-11-9-17(10-12-18)21(28)26-23(15-24)13-5-2-6-14-23/h3-4,7-12H,2,5-6,13-14H2,1H3,(H,26,28). The Bertz CT molecular complexity index is 1170. The van der Waals surface area contributed by atoms with Crippen LogP contribution >= 0.6 is 0 Å². The van der Waals surface area contributed by atoms with Crippen molar-refractivity contribution in [2.75, 3.05) is 0 Å². The van der Waals surface area contributed by atoms with Gasteiger partial charge in [0.05, 0.1) is 22.7 Å². The SMILES string of the molecule is Cc1nc2ccccc2c(=O)n1-c1ccc(C(=O)NC2(C#N)CCCCC2)cc1. The van der Waals surface area contributed by atoms with Crippen molar-refractivity contribution in [1.29, 1.82) is 5.26 Å². The lowest BCUT2D eigenvalue weighted by Gasteiger charge is -2.31. The summed E-state index contributed by atoms with van der Waals surface area (Å²) in [6.45, 7) is 1.79. The molecule has 1 N–H and O–H groups in total. The highest BCUT2D eigenvalue weighted by atomic mass is 16.2. The molecule has 3 aromatic rings. The van der Waals surface area contributed by atoms with Gasteiger partial charge >= 0.3 is 0 Å². The van der Waals surface area contributed by atoms with Gasteiger partial charge in [0.1, 0.15) is 11.4 Å². The van der Waals surface area contributed by atoms with Crippen LogP contribution in [0.3, 0.4) is 0 Å². The van der Waals surface area contributed by atoms with Crippen LogP contribution in [0, 0.1) is 18.3 Å². The lowest BCUT2D eigenvalue weighted by molar-refractivity contribution is 0.0902. The van der Waals surface area contributed by atoms with Gasteiger partial charge in [-0.25, -0.2) is 4.98 Å². The molecule has 146 valence electrons. The lowest BCUT2D eigenvalue weighted by Crippen LogP contribution is -2.48. The first kappa shape index (κ1) is 18.9. The summed E-state index contributed by atoms with van der Waals surface area (Å²) >= 11 is 0. The highest BCUT2D eigenvalue weighted by molar-refractivity contribution is 5.95. The number of nitrogens with zero attached hydrogens (tertiary/aromatic N) is 3. The molecule has 1 aliphatic carbocycles. The van der Waals surface area contributed by atoms with Crippen LogP contribution in [0.2, 0.25) is 0 Å². The Morgan fingerprint density at radius 2 is 1.79 bits per heavy atom. The van der Waals surface area contributed by atoms with Crippen LogP contribution in [0.5, 0.6) is 0 Å². The minimum Gasteiger partial charge on any atom is -0.334 e. The molecule has 0 saturated heterocycles. The fourth-order valence-corrected chi connectivity index (χ4v) is 4.02. The van der Waals surface area contributed by atoms with Gasteiger partial charge in [0.2, 0.25) is 0 Å². The highest BCUT2D eigenvalue weighted by Crippen LogP contribution is 2.28. The van der Waals surface area contributed by atoms with Gasteiger partial charge in [0.25, 0.3) is 11.5 Å². The van der Waals surface area contributed by atoms with Gasteiger partial charge in [0, 0.05) is 5.56 Å². The van der Waals surface area contributed by atoms with Crippen LogP contribution in [0.1, 0.15) is 48.3 Å². The minimum atomic E-state index is -0.774. The Hall–Kier alpha value is -3.46. The molecule has 1 fully saturated rings. The average molecular weight is 386 g/mol. The van der Waals surface area contributed by atoms with Crippen molar-refractivity contribution >= 4 is 16.8 Å². The second-order valence-electron chi connectivity index (χ2n) is 7.57. The number of carbonyl (C=O) groups excluding carboxylic acids is 1. The van der Waals surface area contributed by atoms with E-state index in [0.29, 0.717) is 40.8 Å². The zero-order valence-electron chi connectivity index (χ0n) is 16.3. The molecular formula is C23H22N4O2. The number of nitrogens with one attached hydrogen (secondary N) is 1. The van der Waals surface area contributed by atoms with E-state index in [4.69, 9.17) is 0 Å². The zero-order valence-corrected chi connectivity index (χ0v) is 16.3. The first-order valence-electron chi connectivity index (χ1n) is 9.86. The van der Waals surface area contributed by atoms with Crippen molar-refractivity contribution < 1.29 is 4.79 Å². The van der Waals surface area contributed by atoms with Gasteiger partial charge in [-0.15, -0.1) is 0 Å². The second kappa shape index (κ2) is 7.51. The van der Waals surface area contributed by atoms with Crippen LogP contribution in [-0.4, -0.2) is 21.0 Å². The van der Waals surface area contributed by atoms with Crippen molar-refractivity contribution in [3.05, 3.63) is 70.3 Å². The normalized spacial score (nSPS) is 15.6. The molecule has 0 radical (unpaired) electrons. The third-order valence-electron chi connectivity index (χ3n) is 5.61. The third-order valence-corrected chi connectivity index (χ3v) is 5.61. The molecule has 1 amide bonds. The summed E-state index contributed by atoms with van der Waals surface area (Å²) in [5.41, 5.74) is 0.861. The summed E-state index contributed by atoms with van der Waals surface area (Å²) < 4.78 is 1.54. The fraction of sp³-hybridized carbons (Fsp3) is 0.304. The summed E-state index contributed by atoms with van der Waals surface area (Å²) in [7, 11) is 0. The van der Waals surface area contributed by atoms with E-state index in [1.165, 1.54) is 0 Å². The van der Waals surface area contributed by atoms with Crippen LogP contribution in [-0.2, 0) is 0 Å². The van der Waals surface area contributed by atoms with E-state index in [9.17, 15) is 14.9 Å². The number of nitriles is 1. The van der Waals surface area contributed by atoms with Crippen molar-refractivity contribution in [3.63, 3.8) is 0 Å². The first-order chi connectivity index (χ1) is 14.0. The smallest absolute Gasteiger partial charge is 0.265 e. The molecule has 1 saturated carbocycles. The maximum Gasteiger partial charge on any atom is 0.265 e. The van der Waals surface area contributed by atoms with Crippen molar-refractivity contribution in [2.45, 2.75) is 44.6 Å². The Labute approximate surface area is 168 Å². The summed E-state index contributed by atoms with van der Waals surface area (Å²) in [5.74, 6) is 0.317. The predicted molar refractivity (Wildman–Crippen MR) is 111 cm³/mol. The molecule has 0 bridgehead atoms. The Kier molecular flexibility index (Phi) is 4.89. The van der Waals surface area contributed by atoms with Crippen molar-refractivity contribution in [3.8, 4) is 11.8 Å². The van der Waals surface area contributed by atoms with Gasteiger partial charge in [-0.1, -0.05) is 31.4 Å². The van der Waals surface area contributed by atoms with E-state index >= 15 is 0 Å². The molecule has 2 aromatic carbocycles. The molecule has 0 spiro atoms. The van der Waals surface area contributed by atoms with E-state index in [1.807, 2.05) is 18.2 Å². The number of aryl methyl sites for hydroxylation is 1. The quantitative estimate of drug-likeness (QED) is 0.744. The van der Waals surface area contributed by atoms with E-state index in [-0.39, 0.29) is 11.5 Å². The Morgan fingerprint density at radius 3 is 2.48 bits per heavy atom. The van der Waals surface area contributed by atoms with Crippen LogP contribution in [0.15, 0.2) is 53.3 Å². The molecule has 6 nitrogen and oxygen atoms in total. The van der Waals surface area contributed by atoms with E-state index in [1.54, 1.807) is 41.8 Å². The number of hydrogen-bond acceptors (Lipinski definition) is 4. The topological polar surface area (TPSA) is 87.8 Å². The minimum absolute atomic E-state index is 0.143. The van der Waals surface area contributed by atoms with E-state index in [2.05, 4.69) is 16.4 Å². The first-order valence-corrected chi connectivity index (χ1v) is 9.86. The van der Waals surface area contributed by atoms with Crippen molar-refractivity contribution in [2.24, 2.45) is 0 Å². The number of benzene rings is 2. The molecule has 29 heavy (non-hydrogen) atoms. The molecule has 0 atom stereocenters. The molecule has 1 aliphatic rings. The number of aromatic nitrogens is 2.